The van der Waals surface area contributed by atoms with E-state index in [-0.39, 0.29) is 13.4 Å². The standard InChI is InChI=1S/C82H60B2/c1-49-41-51(3)81(52(4)42-49)83-71-39-21-19-33-63(71)65-45-68(76-61(57-29-15-9-16-30-57)37-24-38-62(76)58-31-17-10-18-32-58)70-48-74-78-66(64-34-20-22-40-72(64)84(74)82-53(5)43-50(2)44-54(82)6)46-67(69-47-73(83)77(65)79(70)80(69)78)75-59(55-25-11-7-12-26-55)35-23-36-60(75)56-27-13-8-14-28-56/h7-48H,1-6H3. The lowest BCUT2D eigenvalue weighted by Crippen LogP contribution is -2.57. The van der Waals surface area contributed by atoms with E-state index in [0.717, 1.165) is 0 Å². The van der Waals surface area contributed by atoms with E-state index in [1.54, 1.807) is 0 Å². The average Bonchev–Trinajstić information content (AvgIpc) is 0.700. The molecule has 0 saturated carbocycles. The van der Waals surface area contributed by atoms with Crippen molar-refractivity contribution in [2.45, 2.75) is 41.5 Å². The van der Waals surface area contributed by atoms with Gasteiger partial charge in [-0.3, -0.25) is 0 Å². The highest BCUT2D eigenvalue weighted by Crippen LogP contribution is 2.53. The monoisotopic (exact) mass is 1070 g/mol. The number of fused-ring (bicyclic) bond motifs is 4. The van der Waals surface area contributed by atoms with Crippen molar-refractivity contribution in [1.82, 2.24) is 0 Å². The molecule has 0 nitrogen and oxygen atoms in total. The van der Waals surface area contributed by atoms with Crippen LogP contribution in [0.15, 0.2) is 255 Å². The maximum absolute atomic E-state index is 2.70. The summed E-state index contributed by atoms with van der Waals surface area (Å²) in [5.41, 5.74) is 36.0. The van der Waals surface area contributed by atoms with Gasteiger partial charge in [-0.2, -0.15) is 0 Å². The van der Waals surface area contributed by atoms with E-state index in [2.05, 4.69) is 296 Å². The molecule has 0 fully saturated rings. The van der Waals surface area contributed by atoms with Crippen molar-refractivity contribution in [3.63, 3.8) is 0 Å². The highest BCUT2D eigenvalue weighted by atomic mass is 14.3. The van der Waals surface area contributed by atoms with Crippen molar-refractivity contribution in [1.29, 1.82) is 0 Å². The van der Waals surface area contributed by atoms with Gasteiger partial charge in [0.15, 0.2) is 0 Å². The largest absolute Gasteiger partial charge is 0.243 e. The zero-order chi connectivity index (χ0) is 56.5. The molecule has 0 spiro atoms. The molecule has 0 atom stereocenters. The van der Waals surface area contributed by atoms with Crippen LogP contribution in [0, 0.1) is 41.5 Å². The van der Waals surface area contributed by atoms with Crippen molar-refractivity contribution >= 4 is 78.5 Å². The molecule has 14 aromatic carbocycles. The Labute approximate surface area is 494 Å². The molecule has 16 rings (SSSR count). The van der Waals surface area contributed by atoms with Crippen molar-refractivity contribution in [2.75, 3.05) is 0 Å². The summed E-state index contributed by atoms with van der Waals surface area (Å²) in [6.07, 6.45) is 0. The van der Waals surface area contributed by atoms with Crippen LogP contribution in [-0.2, 0) is 0 Å². The van der Waals surface area contributed by atoms with Gasteiger partial charge in [-0.05, 0) is 175 Å². The molecule has 84 heavy (non-hydrogen) atoms. The maximum atomic E-state index is 2.70. The number of rotatable bonds is 8. The first-order chi connectivity index (χ1) is 41.2. The molecule has 0 N–H and O–H groups in total. The second-order valence-electron chi connectivity index (χ2n) is 24.1. The van der Waals surface area contributed by atoms with Gasteiger partial charge in [-0.25, -0.2) is 0 Å². The van der Waals surface area contributed by atoms with E-state index < -0.39 is 0 Å². The van der Waals surface area contributed by atoms with Crippen LogP contribution >= 0.6 is 0 Å². The van der Waals surface area contributed by atoms with Gasteiger partial charge in [0, 0.05) is 0 Å². The summed E-state index contributed by atoms with van der Waals surface area (Å²) in [7, 11) is 0. The topological polar surface area (TPSA) is 0 Å². The van der Waals surface area contributed by atoms with Crippen molar-refractivity contribution in [3.8, 4) is 89.0 Å². The van der Waals surface area contributed by atoms with Crippen LogP contribution in [-0.4, -0.2) is 13.4 Å². The zero-order valence-corrected chi connectivity index (χ0v) is 48.4. The predicted octanol–water partition coefficient (Wildman–Crippen LogP) is 17.4. The van der Waals surface area contributed by atoms with Crippen LogP contribution in [0.4, 0.5) is 0 Å². The Balaban J connectivity index is 1.19. The fourth-order valence-corrected chi connectivity index (χ4v) is 15.9. The average molecular weight is 1070 g/mol. The molecule has 2 heterocycles. The van der Waals surface area contributed by atoms with E-state index in [4.69, 9.17) is 0 Å². The van der Waals surface area contributed by atoms with Gasteiger partial charge < -0.3 is 0 Å². The lowest BCUT2D eigenvalue weighted by Gasteiger charge is -2.35. The maximum Gasteiger partial charge on any atom is 0.243 e. The highest BCUT2D eigenvalue weighted by Gasteiger charge is 2.41. The van der Waals surface area contributed by atoms with Gasteiger partial charge >= 0.3 is 0 Å². The molecule has 14 aromatic rings. The quantitative estimate of drug-likeness (QED) is 0.105. The summed E-state index contributed by atoms with van der Waals surface area (Å²) in [6.45, 7) is 13.8. The van der Waals surface area contributed by atoms with Crippen LogP contribution in [0.5, 0.6) is 0 Å². The van der Waals surface area contributed by atoms with Gasteiger partial charge in [-0.15, -0.1) is 0 Å². The first-order valence-corrected chi connectivity index (χ1v) is 29.9. The Bertz CT molecular complexity index is 4520. The lowest BCUT2D eigenvalue weighted by atomic mass is 9.31. The molecule has 2 heteroatoms. The molecule has 0 saturated heterocycles. The van der Waals surface area contributed by atoms with E-state index >= 15 is 0 Å². The molecule has 394 valence electrons. The Kier molecular flexibility index (Phi) is 11.6. The Hall–Kier alpha value is -9.75. The number of hydrogen-bond donors (Lipinski definition) is 0. The van der Waals surface area contributed by atoms with Crippen molar-refractivity contribution in [2.24, 2.45) is 0 Å². The Morgan fingerprint density at radius 2 is 0.500 bits per heavy atom. The molecule has 0 aromatic heterocycles. The summed E-state index contributed by atoms with van der Waals surface area (Å²) in [5, 5.41) is 7.97. The van der Waals surface area contributed by atoms with Gasteiger partial charge in [0.1, 0.15) is 0 Å². The van der Waals surface area contributed by atoms with E-state index in [1.807, 2.05) is 0 Å². The molecule has 0 aliphatic carbocycles. The van der Waals surface area contributed by atoms with Crippen LogP contribution in [0.25, 0.3) is 121 Å². The minimum atomic E-state index is -0.0348. The van der Waals surface area contributed by atoms with Crippen LogP contribution in [0.2, 0.25) is 0 Å². The summed E-state index contributed by atoms with van der Waals surface area (Å²) in [6, 6.07) is 97.6. The summed E-state index contributed by atoms with van der Waals surface area (Å²) >= 11 is 0. The third-order valence-corrected chi connectivity index (χ3v) is 19.0. The second-order valence-corrected chi connectivity index (χ2v) is 24.1. The first-order valence-electron chi connectivity index (χ1n) is 29.9. The number of aryl methyl sites for hydroxylation is 6. The smallest absolute Gasteiger partial charge is 0.0664 e. The SMILES string of the molecule is Cc1cc(C)c(B2c3ccccc3-c3cc(-c4c(-c5ccccc5)cccc4-c4ccccc4)c4cc5c6c(cc(-c7c(-c8ccccc8)cccc7-c7ccccc7)c7cc2c3c4c76)-c2ccccc2B5c2c(C)cc(C)cc2C)c(C)c1. The van der Waals surface area contributed by atoms with Crippen LogP contribution < -0.4 is 32.8 Å². The lowest BCUT2D eigenvalue weighted by molar-refractivity contribution is 1.35. The third kappa shape index (κ3) is 7.56. The summed E-state index contributed by atoms with van der Waals surface area (Å²) in [4.78, 5) is 0. The zero-order valence-electron chi connectivity index (χ0n) is 48.4. The van der Waals surface area contributed by atoms with E-state index in [1.165, 1.54) is 187 Å². The highest BCUT2D eigenvalue weighted by molar-refractivity contribution is 7.00. The molecule has 0 unspecified atom stereocenters. The molecule has 0 amide bonds. The number of hydrogen-bond acceptors (Lipinski definition) is 0. The normalized spacial score (nSPS) is 12.4. The van der Waals surface area contributed by atoms with Crippen molar-refractivity contribution < 1.29 is 0 Å². The first kappa shape index (κ1) is 50.0. The molecule has 2 aliphatic rings. The van der Waals surface area contributed by atoms with Gasteiger partial charge in [0.2, 0.25) is 13.4 Å². The second kappa shape index (κ2) is 19.4. The molecule has 0 radical (unpaired) electrons. The van der Waals surface area contributed by atoms with Gasteiger partial charge in [0.25, 0.3) is 0 Å². The Morgan fingerprint density at radius 1 is 0.214 bits per heavy atom. The van der Waals surface area contributed by atoms with E-state index in [9.17, 15) is 0 Å². The van der Waals surface area contributed by atoms with Crippen LogP contribution in [0.3, 0.4) is 0 Å². The summed E-state index contributed by atoms with van der Waals surface area (Å²) in [5.74, 6) is 0. The minimum absolute atomic E-state index is 0.0348. The molecular weight excluding hydrogens is 1010 g/mol. The van der Waals surface area contributed by atoms with Crippen LogP contribution in [0.1, 0.15) is 33.4 Å². The molecule has 2 aliphatic heterocycles. The fourth-order valence-electron chi connectivity index (χ4n) is 15.9. The predicted molar refractivity (Wildman–Crippen MR) is 364 cm³/mol. The third-order valence-electron chi connectivity index (χ3n) is 19.0. The molecule has 0 bridgehead atoms. The Morgan fingerprint density at radius 3 is 0.821 bits per heavy atom. The molecular formula is C82H60B2. The van der Waals surface area contributed by atoms with E-state index in [0.29, 0.717) is 0 Å². The minimum Gasteiger partial charge on any atom is -0.0664 e. The fraction of sp³-hybridized carbons (Fsp3) is 0.0732. The van der Waals surface area contributed by atoms with Gasteiger partial charge in [-0.1, -0.05) is 309 Å². The summed E-state index contributed by atoms with van der Waals surface area (Å²) < 4.78 is 0. The van der Waals surface area contributed by atoms with Crippen molar-refractivity contribution in [3.05, 3.63) is 288 Å². The number of benzene rings is 14. The van der Waals surface area contributed by atoms with Gasteiger partial charge in [0.05, 0.1) is 0 Å².